The Labute approximate surface area is 136 Å². The van der Waals surface area contributed by atoms with E-state index in [1.54, 1.807) is 0 Å². The topological polar surface area (TPSA) is 73.6 Å². The van der Waals surface area contributed by atoms with Crippen LogP contribution < -0.4 is 0 Å². The second kappa shape index (κ2) is 6.04. The summed E-state index contributed by atoms with van der Waals surface area (Å²) in [4.78, 5) is 11.8. The zero-order valence-corrected chi connectivity index (χ0v) is 14.2. The second-order valence-corrected chi connectivity index (χ2v) is 8.56. The van der Waals surface area contributed by atoms with Crippen LogP contribution in [0, 0.1) is 5.92 Å². The molecular weight excluding hydrogens is 372 g/mol. The minimum Gasteiger partial charge on any atom is -0.465 e. The van der Waals surface area contributed by atoms with Gasteiger partial charge in [-0.05, 0) is 30.7 Å². The molecule has 1 aliphatic heterocycles. The molecule has 1 atom stereocenters. The number of rotatable bonds is 4. The van der Waals surface area contributed by atoms with Gasteiger partial charge in [0.2, 0.25) is 0 Å². The van der Waals surface area contributed by atoms with E-state index in [4.69, 9.17) is 9.15 Å². The molecule has 5 nitrogen and oxygen atoms in total. The predicted octanol–water partition coefficient (Wildman–Crippen LogP) is 2.72. The molecule has 0 radical (unpaired) electrons. The first-order valence-electron chi connectivity index (χ1n) is 6.98. The largest absolute Gasteiger partial charge is 0.465 e. The molecule has 1 fully saturated rings. The molecule has 0 bridgehead atoms. The minimum absolute atomic E-state index is 0.0746. The zero-order chi connectivity index (χ0) is 15.7. The zero-order valence-electron chi connectivity index (χ0n) is 11.7. The van der Waals surface area contributed by atoms with Gasteiger partial charge in [0.25, 0.3) is 0 Å². The molecule has 0 spiro atoms. The smallest absolute Gasteiger partial charge is 0.310 e. The van der Waals surface area contributed by atoms with Gasteiger partial charge in [0, 0.05) is 16.3 Å². The number of esters is 1. The molecule has 1 aromatic carbocycles. The Morgan fingerprint density at radius 3 is 2.91 bits per heavy atom. The van der Waals surface area contributed by atoms with Crippen LogP contribution in [0.2, 0.25) is 0 Å². The third-order valence-electron chi connectivity index (χ3n) is 3.69. The summed E-state index contributed by atoms with van der Waals surface area (Å²) < 4.78 is 34.5. The predicted molar refractivity (Wildman–Crippen MR) is 85.3 cm³/mol. The van der Waals surface area contributed by atoms with Crippen LogP contribution in [0.4, 0.5) is 0 Å². The van der Waals surface area contributed by atoms with Gasteiger partial charge in [-0.25, -0.2) is 8.42 Å². The van der Waals surface area contributed by atoms with Gasteiger partial charge in [-0.2, -0.15) is 0 Å². The van der Waals surface area contributed by atoms with Crippen molar-refractivity contribution in [2.24, 2.45) is 5.92 Å². The number of carbonyl (C=O) groups excluding carboxylic acids is 1. The molecule has 1 aromatic heterocycles. The maximum Gasteiger partial charge on any atom is 0.310 e. The quantitative estimate of drug-likeness (QED) is 0.755. The standard InChI is InChI=1S/C15H15BrO5S/c16-12-1-2-14-11(7-12)8-13(21-14)3-5-20-15(17)10-4-6-22(18,19)9-10/h1-2,7-8,10H,3-6,9H2. The number of hydrogen-bond acceptors (Lipinski definition) is 5. The SMILES string of the molecule is O=C(OCCc1cc2cc(Br)ccc2o1)C1CCS(=O)(=O)C1. The molecule has 1 saturated heterocycles. The summed E-state index contributed by atoms with van der Waals surface area (Å²) in [6.07, 6.45) is 0.831. The first-order valence-corrected chi connectivity index (χ1v) is 9.59. The Bertz CT molecular complexity index is 808. The van der Waals surface area contributed by atoms with Crippen molar-refractivity contribution in [1.82, 2.24) is 0 Å². The molecular formula is C15H15BrO5S. The van der Waals surface area contributed by atoms with E-state index in [0.29, 0.717) is 12.8 Å². The van der Waals surface area contributed by atoms with Crippen molar-refractivity contribution in [2.45, 2.75) is 12.8 Å². The van der Waals surface area contributed by atoms with Gasteiger partial charge in [-0.15, -0.1) is 0 Å². The maximum atomic E-state index is 11.8. The normalized spacial score (nSPS) is 20.3. The fourth-order valence-electron chi connectivity index (χ4n) is 2.54. The highest BCUT2D eigenvalue weighted by Crippen LogP contribution is 2.24. The number of furan rings is 1. The average molecular weight is 387 g/mol. The summed E-state index contributed by atoms with van der Waals surface area (Å²) in [5.41, 5.74) is 0.784. The van der Waals surface area contributed by atoms with Crippen LogP contribution in [0.3, 0.4) is 0 Å². The number of carbonyl (C=O) groups is 1. The number of benzene rings is 1. The van der Waals surface area contributed by atoms with Crippen molar-refractivity contribution in [2.75, 3.05) is 18.1 Å². The Morgan fingerprint density at radius 2 is 2.18 bits per heavy atom. The van der Waals surface area contributed by atoms with Crippen LogP contribution in [-0.2, 0) is 25.8 Å². The van der Waals surface area contributed by atoms with Gasteiger partial charge in [-0.1, -0.05) is 15.9 Å². The Morgan fingerprint density at radius 1 is 1.36 bits per heavy atom. The highest BCUT2D eigenvalue weighted by atomic mass is 79.9. The van der Waals surface area contributed by atoms with Gasteiger partial charge in [-0.3, -0.25) is 4.79 Å². The second-order valence-electron chi connectivity index (χ2n) is 5.41. The highest BCUT2D eigenvalue weighted by Gasteiger charge is 2.33. The van der Waals surface area contributed by atoms with E-state index < -0.39 is 21.7 Å². The minimum atomic E-state index is -3.06. The highest BCUT2D eigenvalue weighted by molar-refractivity contribution is 9.10. The summed E-state index contributed by atoms with van der Waals surface area (Å²) in [5.74, 6) is -0.230. The molecule has 7 heteroatoms. The summed E-state index contributed by atoms with van der Waals surface area (Å²) in [6, 6.07) is 7.64. The van der Waals surface area contributed by atoms with Crippen molar-refractivity contribution < 1.29 is 22.4 Å². The van der Waals surface area contributed by atoms with E-state index >= 15 is 0 Å². The van der Waals surface area contributed by atoms with Crippen LogP contribution in [0.15, 0.2) is 33.2 Å². The van der Waals surface area contributed by atoms with Crippen LogP contribution in [-0.4, -0.2) is 32.5 Å². The number of ether oxygens (including phenoxy) is 1. The summed E-state index contributed by atoms with van der Waals surface area (Å²) >= 11 is 3.40. The van der Waals surface area contributed by atoms with Crippen molar-refractivity contribution in [3.05, 3.63) is 34.5 Å². The molecule has 0 aliphatic carbocycles. The Hall–Kier alpha value is -1.34. The van der Waals surface area contributed by atoms with E-state index in [2.05, 4.69) is 15.9 Å². The van der Waals surface area contributed by atoms with E-state index in [1.165, 1.54) is 0 Å². The fraction of sp³-hybridized carbons (Fsp3) is 0.400. The molecule has 22 heavy (non-hydrogen) atoms. The number of fused-ring (bicyclic) bond motifs is 1. The third kappa shape index (κ3) is 3.52. The average Bonchev–Trinajstić information content (AvgIpc) is 3.01. The summed E-state index contributed by atoms with van der Waals surface area (Å²) in [5, 5.41) is 0.984. The van der Waals surface area contributed by atoms with E-state index in [1.807, 2.05) is 24.3 Å². The number of sulfone groups is 1. The Balaban J connectivity index is 1.55. The van der Waals surface area contributed by atoms with Crippen molar-refractivity contribution >= 4 is 42.7 Å². The number of hydrogen-bond donors (Lipinski definition) is 0. The first kappa shape index (κ1) is 15.6. The lowest BCUT2D eigenvalue weighted by atomic mass is 10.1. The fourth-order valence-corrected chi connectivity index (χ4v) is 4.65. The molecule has 118 valence electrons. The third-order valence-corrected chi connectivity index (χ3v) is 5.95. The molecule has 0 saturated carbocycles. The van der Waals surface area contributed by atoms with Crippen molar-refractivity contribution in [3.8, 4) is 0 Å². The van der Waals surface area contributed by atoms with E-state index in [0.717, 1.165) is 21.2 Å². The van der Waals surface area contributed by atoms with Crippen molar-refractivity contribution in [3.63, 3.8) is 0 Å². The molecule has 0 N–H and O–H groups in total. The van der Waals surface area contributed by atoms with E-state index in [9.17, 15) is 13.2 Å². The molecule has 2 heterocycles. The lowest BCUT2D eigenvalue weighted by Crippen LogP contribution is -2.20. The summed E-state index contributed by atoms with van der Waals surface area (Å²) in [6.45, 7) is 0.191. The van der Waals surface area contributed by atoms with Crippen LogP contribution in [0.5, 0.6) is 0 Å². The number of halogens is 1. The first-order chi connectivity index (χ1) is 10.4. The molecule has 2 aromatic rings. The van der Waals surface area contributed by atoms with Gasteiger partial charge >= 0.3 is 5.97 Å². The van der Waals surface area contributed by atoms with Crippen LogP contribution in [0.25, 0.3) is 11.0 Å². The molecule has 1 aliphatic rings. The van der Waals surface area contributed by atoms with Gasteiger partial charge in [0.15, 0.2) is 9.84 Å². The van der Waals surface area contributed by atoms with Gasteiger partial charge < -0.3 is 9.15 Å². The lowest BCUT2D eigenvalue weighted by Gasteiger charge is -2.07. The van der Waals surface area contributed by atoms with Gasteiger partial charge in [0.05, 0.1) is 24.0 Å². The maximum absolute atomic E-state index is 11.8. The Kier molecular flexibility index (Phi) is 4.27. The molecule has 1 unspecified atom stereocenters. The van der Waals surface area contributed by atoms with Gasteiger partial charge in [0.1, 0.15) is 11.3 Å². The summed E-state index contributed by atoms with van der Waals surface area (Å²) in [7, 11) is -3.06. The molecule has 3 rings (SSSR count). The lowest BCUT2D eigenvalue weighted by molar-refractivity contribution is -0.147. The molecule has 0 amide bonds. The van der Waals surface area contributed by atoms with Crippen molar-refractivity contribution in [1.29, 1.82) is 0 Å². The van der Waals surface area contributed by atoms with Crippen LogP contribution >= 0.6 is 15.9 Å². The van der Waals surface area contributed by atoms with Crippen LogP contribution in [0.1, 0.15) is 12.2 Å². The monoisotopic (exact) mass is 386 g/mol. The van der Waals surface area contributed by atoms with E-state index in [-0.39, 0.29) is 18.1 Å².